The van der Waals surface area contributed by atoms with Gasteiger partial charge in [0.15, 0.2) is 0 Å². The zero-order valence-corrected chi connectivity index (χ0v) is 12.6. The van der Waals surface area contributed by atoms with E-state index >= 15 is 0 Å². The number of hydrogen-bond acceptors (Lipinski definition) is 3. The molecule has 4 heteroatoms. The summed E-state index contributed by atoms with van der Waals surface area (Å²) in [4.78, 5) is 11.2. The van der Waals surface area contributed by atoms with E-state index < -0.39 is 0 Å². The Morgan fingerprint density at radius 2 is 1.89 bits per heavy atom. The van der Waals surface area contributed by atoms with Crippen molar-refractivity contribution in [3.63, 3.8) is 0 Å². The van der Waals surface area contributed by atoms with Gasteiger partial charge in [-0.3, -0.25) is 4.79 Å². The molecule has 0 bridgehead atoms. The predicted octanol–water partition coefficient (Wildman–Crippen LogP) is 3.34. The Morgan fingerprint density at radius 1 is 1.28 bits per heavy atom. The Bertz CT molecular complexity index is 373. The zero-order chi connectivity index (χ0) is 13.5. The summed E-state index contributed by atoms with van der Waals surface area (Å²) in [5, 5.41) is 0. The Labute approximate surface area is 117 Å². The number of benzene rings is 1. The molecule has 1 rings (SSSR count). The molecule has 1 unspecified atom stereocenters. The van der Waals surface area contributed by atoms with Crippen molar-refractivity contribution in [1.29, 1.82) is 0 Å². The molecule has 0 saturated heterocycles. The van der Waals surface area contributed by atoms with Crippen LogP contribution in [0.25, 0.3) is 0 Å². The average molecular weight is 315 g/mol. The van der Waals surface area contributed by atoms with E-state index in [-0.39, 0.29) is 16.9 Å². The van der Waals surface area contributed by atoms with Crippen molar-refractivity contribution in [2.45, 2.75) is 37.6 Å². The molecule has 0 amide bonds. The van der Waals surface area contributed by atoms with Crippen LogP contribution in [-0.2, 0) is 16.0 Å². The molecule has 3 nitrogen and oxygen atoms in total. The SMILES string of the molecule is COC(=O)CC(Br)Cc1ccc(OC(C)C)cc1. The molecule has 1 atom stereocenters. The fourth-order valence-electron chi connectivity index (χ4n) is 1.57. The standard InChI is InChI=1S/C14H19BrO3/c1-10(2)18-13-6-4-11(5-7-13)8-12(15)9-14(16)17-3/h4-7,10,12H,8-9H2,1-3H3. The number of methoxy groups -OCH3 is 1. The van der Waals surface area contributed by atoms with Crippen molar-refractivity contribution in [3.8, 4) is 5.75 Å². The first-order valence-electron chi connectivity index (χ1n) is 5.97. The molecule has 0 aliphatic carbocycles. The van der Waals surface area contributed by atoms with Crippen LogP contribution in [-0.4, -0.2) is 24.0 Å². The molecule has 0 N–H and O–H groups in total. The predicted molar refractivity (Wildman–Crippen MR) is 75.3 cm³/mol. The maximum atomic E-state index is 11.1. The van der Waals surface area contributed by atoms with Gasteiger partial charge in [-0.1, -0.05) is 28.1 Å². The Kier molecular flexibility index (Phi) is 6.19. The maximum absolute atomic E-state index is 11.1. The van der Waals surface area contributed by atoms with Crippen LogP contribution in [0, 0.1) is 0 Å². The summed E-state index contributed by atoms with van der Waals surface area (Å²) in [5.74, 6) is 0.671. The van der Waals surface area contributed by atoms with Crippen LogP contribution in [0.5, 0.6) is 5.75 Å². The van der Waals surface area contributed by atoms with Gasteiger partial charge < -0.3 is 9.47 Å². The number of ether oxygens (including phenoxy) is 2. The zero-order valence-electron chi connectivity index (χ0n) is 11.0. The lowest BCUT2D eigenvalue weighted by Gasteiger charge is -2.11. The minimum atomic E-state index is -0.198. The first-order chi connectivity index (χ1) is 8.51. The van der Waals surface area contributed by atoms with Gasteiger partial charge in [-0.15, -0.1) is 0 Å². The molecule has 0 aliphatic rings. The van der Waals surface area contributed by atoms with Gasteiger partial charge in [0.25, 0.3) is 0 Å². The smallest absolute Gasteiger partial charge is 0.306 e. The highest BCUT2D eigenvalue weighted by Gasteiger charge is 2.11. The summed E-state index contributed by atoms with van der Waals surface area (Å²) in [7, 11) is 1.40. The van der Waals surface area contributed by atoms with E-state index in [2.05, 4.69) is 20.7 Å². The van der Waals surface area contributed by atoms with E-state index in [1.165, 1.54) is 7.11 Å². The first kappa shape index (κ1) is 15.0. The molecule has 0 aromatic heterocycles. The van der Waals surface area contributed by atoms with Gasteiger partial charge in [0.1, 0.15) is 5.75 Å². The monoisotopic (exact) mass is 314 g/mol. The largest absolute Gasteiger partial charge is 0.491 e. The van der Waals surface area contributed by atoms with Crippen LogP contribution in [0.3, 0.4) is 0 Å². The number of carbonyl (C=O) groups excluding carboxylic acids is 1. The fourth-order valence-corrected chi connectivity index (χ4v) is 2.21. The minimum Gasteiger partial charge on any atom is -0.491 e. The second kappa shape index (κ2) is 7.41. The summed E-state index contributed by atoms with van der Waals surface area (Å²) in [6.07, 6.45) is 1.34. The van der Waals surface area contributed by atoms with E-state index in [0.717, 1.165) is 17.7 Å². The first-order valence-corrected chi connectivity index (χ1v) is 6.89. The van der Waals surface area contributed by atoms with Crippen molar-refractivity contribution in [2.24, 2.45) is 0 Å². The number of carbonyl (C=O) groups is 1. The van der Waals surface area contributed by atoms with Crippen LogP contribution in [0.4, 0.5) is 0 Å². The van der Waals surface area contributed by atoms with E-state index in [1.807, 2.05) is 38.1 Å². The molecule has 1 aromatic carbocycles. The fraction of sp³-hybridized carbons (Fsp3) is 0.500. The molecule has 0 radical (unpaired) electrons. The van der Waals surface area contributed by atoms with Crippen LogP contribution in [0.1, 0.15) is 25.8 Å². The lowest BCUT2D eigenvalue weighted by Crippen LogP contribution is -2.11. The van der Waals surface area contributed by atoms with Gasteiger partial charge in [0.05, 0.1) is 19.6 Å². The number of rotatable bonds is 6. The quantitative estimate of drug-likeness (QED) is 0.596. The van der Waals surface area contributed by atoms with Gasteiger partial charge in [0, 0.05) is 4.83 Å². The Morgan fingerprint density at radius 3 is 2.39 bits per heavy atom. The van der Waals surface area contributed by atoms with Crippen molar-refractivity contribution in [1.82, 2.24) is 0 Å². The third-order valence-corrected chi connectivity index (χ3v) is 3.02. The number of hydrogen-bond donors (Lipinski definition) is 0. The highest BCUT2D eigenvalue weighted by molar-refractivity contribution is 9.09. The summed E-state index contributed by atoms with van der Waals surface area (Å²) < 4.78 is 10.2. The molecule has 1 aromatic rings. The number of esters is 1. The second-order valence-electron chi connectivity index (χ2n) is 4.39. The molecule has 18 heavy (non-hydrogen) atoms. The highest BCUT2D eigenvalue weighted by Crippen LogP contribution is 2.18. The third kappa shape index (κ3) is 5.54. The molecular weight excluding hydrogens is 296 g/mol. The number of alkyl halides is 1. The van der Waals surface area contributed by atoms with Crippen molar-refractivity contribution < 1.29 is 14.3 Å². The third-order valence-electron chi connectivity index (χ3n) is 2.37. The highest BCUT2D eigenvalue weighted by atomic mass is 79.9. The lowest BCUT2D eigenvalue weighted by atomic mass is 10.1. The van der Waals surface area contributed by atoms with E-state index in [9.17, 15) is 4.79 Å². The number of halogens is 1. The van der Waals surface area contributed by atoms with Gasteiger partial charge in [0.2, 0.25) is 0 Å². The molecule has 0 aliphatic heterocycles. The molecule has 0 saturated carbocycles. The lowest BCUT2D eigenvalue weighted by molar-refractivity contribution is -0.140. The molecular formula is C14H19BrO3. The van der Waals surface area contributed by atoms with E-state index in [0.29, 0.717) is 6.42 Å². The van der Waals surface area contributed by atoms with Crippen molar-refractivity contribution in [3.05, 3.63) is 29.8 Å². The van der Waals surface area contributed by atoms with Crippen molar-refractivity contribution in [2.75, 3.05) is 7.11 Å². The summed E-state index contributed by atoms with van der Waals surface area (Å²) in [6.45, 7) is 4.00. The van der Waals surface area contributed by atoms with Crippen molar-refractivity contribution >= 4 is 21.9 Å². The minimum absolute atomic E-state index is 0.0989. The molecule has 100 valence electrons. The topological polar surface area (TPSA) is 35.5 Å². The van der Waals surface area contributed by atoms with E-state index in [4.69, 9.17) is 4.74 Å². The van der Waals surface area contributed by atoms with Crippen LogP contribution < -0.4 is 4.74 Å². The Hall–Kier alpha value is -1.03. The van der Waals surface area contributed by atoms with Gasteiger partial charge in [-0.25, -0.2) is 0 Å². The van der Waals surface area contributed by atoms with Crippen LogP contribution in [0.15, 0.2) is 24.3 Å². The molecule has 0 spiro atoms. The van der Waals surface area contributed by atoms with Crippen LogP contribution >= 0.6 is 15.9 Å². The van der Waals surface area contributed by atoms with Gasteiger partial charge >= 0.3 is 5.97 Å². The summed E-state index contributed by atoms with van der Waals surface area (Å²) >= 11 is 3.48. The Balaban J connectivity index is 2.50. The second-order valence-corrected chi connectivity index (χ2v) is 5.69. The summed E-state index contributed by atoms with van der Waals surface area (Å²) in [6, 6.07) is 7.94. The molecule has 0 heterocycles. The maximum Gasteiger partial charge on any atom is 0.306 e. The van der Waals surface area contributed by atoms with E-state index in [1.54, 1.807) is 0 Å². The summed E-state index contributed by atoms with van der Waals surface area (Å²) in [5.41, 5.74) is 1.16. The molecule has 0 fully saturated rings. The van der Waals surface area contributed by atoms with Crippen LogP contribution in [0.2, 0.25) is 0 Å². The average Bonchev–Trinajstić information content (AvgIpc) is 2.30. The normalized spacial score (nSPS) is 12.3. The van der Waals surface area contributed by atoms with Gasteiger partial charge in [-0.2, -0.15) is 0 Å². The van der Waals surface area contributed by atoms with Gasteiger partial charge in [-0.05, 0) is 38.0 Å².